The average Bonchev–Trinajstić information content (AvgIpc) is 2.49. The number of ether oxygens (including phenoxy) is 1. The van der Waals surface area contributed by atoms with Crippen LogP contribution in [0.3, 0.4) is 0 Å². The maximum absolute atomic E-state index is 6.17. The minimum Gasteiger partial charge on any atom is -0.497 e. The van der Waals surface area contributed by atoms with Gasteiger partial charge in [-0.3, -0.25) is 0 Å². The van der Waals surface area contributed by atoms with E-state index < -0.39 is 0 Å². The van der Waals surface area contributed by atoms with Gasteiger partial charge >= 0.3 is 0 Å². The molecule has 1 aromatic carbocycles. The number of hydrogen-bond acceptors (Lipinski definition) is 6. The summed E-state index contributed by atoms with van der Waals surface area (Å²) in [5, 5.41) is 7.46. The molecule has 0 aliphatic rings. The Morgan fingerprint density at radius 1 is 1.20 bits per heavy atom. The zero-order valence-electron chi connectivity index (χ0n) is 11.4. The summed E-state index contributed by atoms with van der Waals surface area (Å²) >= 11 is 7.64. The quantitative estimate of drug-likeness (QED) is 0.649. The molecule has 0 amide bonds. The van der Waals surface area contributed by atoms with Crippen LogP contribution in [0.5, 0.6) is 5.75 Å². The van der Waals surface area contributed by atoms with Crippen LogP contribution in [-0.2, 0) is 0 Å². The largest absolute Gasteiger partial charge is 0.497 e. The molecule has 7 heteroatoms. The highest BCUT2D eigenvalue weighted by Crippen LogP contribution is 2.29. The first-order valence-electron chi connectivity index (χ1n) is 5.87. The average molecular weight is 311 g/mol. The number of halogens is 1. The first kappa shape index (κ1) is 14.7. The number of rotatable bonds is 5. The van der Waals surface area contributed by atoms with Gasteiger partial charge in [0, 0.05) is 19.2 Å². The Balaban J connectivity index is 2.33. The molecule has 0 saturated heterocycles. The first-order chi connectivity index (χ1) is 9.66. The molecule has 2 N–H and O–H groups in total. The highest BCUT2D eigenvalue weighted by atomic mass is 35.5. The van der Waals surface area contributed by atoms with Crippen molar-refractivity contribution in [3.8, 4) is 5.75 Å². The molecule has 2 aromatic rings. The zero-order valence-corrected chi connectivity index (χ0v) is 13.0. The van der Waals surface area contributed by atoms with Gasteiger partial charge in [0.25, 0.3) is 0 Å². The minimum atomic E-state index is 0.598. The number of aromatic nitrogens is 2. The molecule has 106 valence electrons. The fraction of sp³-hybridized carbons (Fsp3) is 0.231. The van der Waals surface area contributed by atoms with Crippen LogP contribution in [0.1, 0.15) is 0 Å². The molecule has 0 aliphatic carbocycles. The molecule has 0 spiro atoms. The number of benzene rings is 1. The van der Waals surface area contributed by atoms with E-state index in [1.54, 1.807) is 19.2 Å². The number of nitrogens with one attached hydrogen (secondary N) is 2. The lowest BCUT2D eigenvalue weighted by molar-refractivity contribution is 0.415. The van der Waals surface area contributed by atoms with Gasteiger partial charge in [0.1, 0.15) is 17.4 Å². The molecule has 0 saturated carbocycles. The van der Waals surface area contributed by atoms with Crippen LogP contribution in [0.25, 0.3) is 0 Å². The lowest BCUT2D eigenvalue weighted by Crippen LogP contribution is -2.01. The lowest BCUT2D eigenvalue weighted by Gasteiger charge is -2.11. The molecule has 0 radical (unpaired) electrons. The van der Waals surface area contributed by atoms with Crippen LogP contribution in [-0.4, -0.2) is 30.4 Å². The smallest absolute Gasteiger partial charge is 0.191 e. The molecule has 1 heterocycles. The van der Waals surface area contributed by atoms with Gasteiger partial charge < -0.3 is 15.4 Å². The van der Waals surface area contributed by atoms with Gasteiger partial charge in [0.15, 0.2) is 5.16 Å². The summed E-state index contributed by atoms with van der Waals surface area (Å²) in [5.74, 6) is 2.14. The molecule has 0 unspecified atom stereocenters. The summed E-state index contributed by atoms with van der Waals surface area (Å²) < 4.78 is 5.19. The third-order valence-corrected chi connectivity index (χ3v) is 3.46. The Hall–Kier alpha value is -1.66. The molecular formula is C13H15ClN4OS. The van der Waals surface area contributed by atoms with E-state index >= 15 is 0 Å². The molecular weight excluding hydrogens is 296 g/mol. The van der Waals surface area contributed by atoms with Crippen molar-refractivity contribution in [1.82, 2.24) is 9.97 Å². The second-order valence-corrected chi connectivity index (χ2v) is 5.03. The van der Waals surface area contributed by atoms with E-state index in [1.165, 1.54) is 11.8 Å². The Morgan fingerprint density at radius 3 is 2.60 bits per heavy atom. The SMILES string of the molecule is CNc1cc(Nc2cc(OC)ccc2Cl)nc(SC)n1. The van der Waals surface area contributed by atoms with Crippen LogP contribution in [0, 0.1) is 0 Å². The van der Waals surface area contributed by atoms with Gasteiger partial charge in [0.05, 0.1) is 17.8 Å². The number of methoxy groups -OCH3 is 1. The van der Waals surface area contributed by atoms with E-state index in [9.17, 15) is 0 Å². The predicted octanol–water partition coefficient (Wildman–Crippen LogP) is 3.65. The molecule has 5 nitrogen and oxygen atoms in total. The van der Waals surface area contributed by atoms with Crippen molar-refractivity contribution < 1.29 is 4.74 Å². The van der Waals surface area contributed by atoms with Crippen LogP contribution < -0.4 is 15.4 Å². The maximum atomic E-state index is 6.17. The van der Waals surface area contributed by atoms with Crippen LogP contribution in [0.2, 0.25) is 5.02 Å². The summed E-state index contributed by atoms with van der Waals surface area (Å²) in [5.41, 5.74) is 0.735. The molecule has 2 rings (SSSR count). The summed E-state index contributed by atoms with van der Waals surface area (Å²) in [4.78, 5) is 8.70. The van der Waals surface area contributed by atoms with E-state index in [2.05, 4.69) is 20.6 Å². The van der Waals surface area contributed by atoms with Crippen molar-refractivity contribution in [2.75, 3.05) is 31.0 Å². The second kappa shape index (κ2) is 6.67. The molecule has 0 atom stereocenters. The van der Waals surface area contributed by atoms with Gasteiger partial charge in [-0.2, -0.15) is 0 Å². The van der Waals surface area contributed by atoms with Gasteiger partial charge in [0.2, 0.25) is 0 Å². The molecule has 0 bridgehead atoms. The monoisotopic (exact) mass is 310 g/mol. The van der Waals surface area contributed by atoms with Crippen molar-refractivity contribution in [1.29, 1.82) is 0 Å². The first-order valence-corrected chi connectivity index (χ1v) is 7.48. The van der Waals surface area contributed by atoms with Crippen molar-refractivity contribution >= 4 is 40.7 Å². The zero-order chi connectivity index (χ0) is 14.5. The lowest BCUT2D eigenvalue weighted by atomic mass is 10.3. The van der Waals surface area contributed by atoms with E-state index in [0.717, 1.165) is 17.3 Å². The maximum Gasteiger partial charge on any atom is 0.191 e. The van der Waals surface area contributed by atoms with Crippen molar-refractivity contribution in [3.63, 3.8) is 0 Å². The van der Waals surface area contributed by atoms with Crippen LogP contribution in [0.4, 0.5) is 17.3 Å². The molecule has 0 fully saturated rings. The van der Waals surface area contributed by atoms with Crippen molar-refractivity contribution in [3.05, 3.63) is 29.3 Å². The third kappa shape index (κ3) is 3.46. The normalized spacial score (nSPS) is 10.2. The Kier molecular flexibility index (Phi) is 4.92. The van der Waals surface area contributed by atoms with Crippen LogP contribution >= 0.6 is 23.4 Å². The van der Waals surface area contributed by atoms with Gasteiger partial charge in [-0.05, 0) is 18.4 Å². The van der Waals surface area contributed by atoms with Crippen molar-refractivity contribution in [2.45, 2.75) is 5.16 Å². The van der Waals surface area contributed by atoms with Gasteiger partial charge in [-0.1, -0.05) is 23.4 Å². The molecule has 20 heavy (non-hydrogen) atoms. The number of thioether (sulfide) groups is 1. The predicted molar refractivity (Wildman–Crippen MR) is 84.6 cm³/mol. The Labute approximate surface area is 127 Å². The van der Waals surface area contributed by atoms with Crippen LogP contribution in [0.15, 0.2) is 29.4 Å². The second-order valence-electron chi connectivity index (χ2n) is 3.85. The van der Waals surface area contributed by atoms with Gasteiger partial charge in [-0.15, -0.1) is 0 Å². The Bertz CT molecular complexity index is 587. The van der Waals surface area contributed by atoms with E-state index in [4.69, 9.17) is 16.3 Å². The topological polar surface area (TPSA) is 59.1 Å². The van der Waals surface area contributed by atoms with Crippen molar-refractivity contribution in [2.24, 2.45) is 0 Å². The molecule has 1 aromatic heterocycles. The number of nitrogens with zero attached hydrogens (tertiary/aromatic N) is 2. The molecule has 0 aliphatic heterocycles. The summed E-state index contributed by atoms with van der Waals surface area (Å²) in [6.07, 6.45) is 1.93. The van der Waals surface area contributed by atoms with E-state index in [-0.39, 0.29) is 0 Å². The summed E-state index contributed by atoms with van der Waals surface area (Å²) in [6.45, 7) is 0. The fourth-order valence-electron chi connectivity index (χ4n) is 1.57. The summed E-state index contributed by atoms with van der Waals surface area (Å²) in [7, 11) is 3.43. The van der Waals surface area contributed by atoms with Gasteiger partial charge in [-0.25, -0.2) is 9.97 Å². The third-order valence-electron chi connectivity index (χ3n) is 2.58. The highest BCUT2D eigenvalue weighted by Gasteiger charge is 2.07. The van der Waals surface area contributed by atoms with E-state index in [1.807, 2.05) is 25.4 Å². The Morgan fingerprint density at radius 2 is 1.95 bits per heavy atom. The minimum absolute atomic E-state index is 0.598. The number of hydrogen-bond donors (Lipinski definition) is 2. The fourth-order valence-corrected chi connectivity index (χ4v) is 2.12. The van der Waals surface area contributed by atoms with E-state index in [0.29, 0.717) is 16.0 Å². The summed E-state index contributed by atoms with van der Waals surface area (Å²) in [6, 6.07) is 7.22. The highest BCUT2D eigenvalue weighted by molar-refractivity contribution is 7.98. The standard InChI is InChI=1S/C13H15ClN4OS/c1-15-11-7-12(18-13(17-11)20-3)16-10-6-8(19-2)4-5-9(10)14/h4-7H,1-3H3,(H2,15,16,17,18). The number of anilines is 3.